The van der Waals surface area contributed by atoms with Crippen LogP contribution < -0.4 is 0 Å². The highest BCUT2D eigenvalue weighted by molar-refractivity contribution is 8.93. The van der Waals surface area contributed by atoms with Crippen molar-refractivity contribution in [3.8, 4) is 0 Å². The quantitative estimate of drug-likeness (QED) is 0.790. The van der Waals surface area contributed by atoms with Crippen LogP contribution in [0.2, 0.25) is 0 Å². The first-order chi connectivity index (χ1) is 7.18. The molecule has 0 aliphatic carbocycles. The number of nitrogens with zero attached hydrogens (tertiary/aromatic N) is 1. The van der Waals surface area contributed by atoms with Gasteiger partial charge in [0, 0.05) is 12.0 Å². The molecule has 1 heterocycles. The van der Waals surface area contributed by atoms with Crippen molar-refractivity contribution in [1.82, 2.24) is 4.90 Å². The van der Waals surface area contributed by atoms with Gasteiger partial charge in [0.15, 0.2) is 5.78 Å². The molecule has 1 saturated heterocycles. The molecule has 0 aromatic heterocycles. The molecule has 0 amide bonds. The van der Waals surface area contributed by atoms with Crippen molar-refractivity contribution in [3.05, 3.63) is 35.9 Å². The number of likely N-dealkylation sites (tertiary alicyclic amines) is 1. The lowest BCUT2D eigenvalue weighted by atomic mass is 9.85. The van der Waals surface area contributed by atoms with Gasteiger partial charge in [0.25, 0.3) is 0 Å². The Hall–Kier alpha value is -0.670. The lowest BCUT2D eigenvalue weighted by Gasteiger charge is -2.34. The normalized spacial score (nSPS) is 26.2. The van der Waals surface area contributed by atoms with Crippen molar-refractivity contribution in [2.75, 3.05) is 13.6 Å². The first-order valence-corrected chi connectivity index (χ1v) is 5.46. The third-order valence-corrected chi connectivity index (χ3v) is 3.33. The van der Waals surface area contributed by atoms with Gasteiger partial charge in [-0.05, 0) is 26.0 Å². The maximum atomic E-state index is 11.9. The van der Waals surface area contributed by atoms with Crippen LogP contribution in [0.3, 0.4) is 0 Å². The van der Waals surface area contributed by atoms with Gasteiger partial charge in [-0.15, -0.1) is 17.0 Å². The van der Waals surface area contributed by atoms with E-state index in [2.05, 4.69) is 24.0 Å². The molecule has 2 atom stereocenters. The van der Waals surface area contributed by atoms with Crippen LogP contribution in [0.15, 0.2) is 30.3 Å². The molecule has 0 N–H and O–H groups in total. The Kier molecular flexibility index (Phi) is 4.69. The van der Waals surface area contributed by atoms with E-state index in [0.717, 1.165) is 6.42 Å². The largest absolute Gasteiger partial charge is 0.298 e. The van der Waals surface area contributed by atoms with Gasteiger partial charge in [-0.1, -0.05) is 30.3 Å². The van der Waals surface area contributed by atoms with Crippen molar-refractivity contribution in [2.24, 2.45) is 0 Å². The molecule has 1 aliphatic rings. The molecule has 16 heavy (non-hydrogen) atoms. The summed E-state index contributed by atoms with van der Waals surface area (Å²) in [5.41, 5.74) is 1.17. The molecular weight excluding hydrogens is 266 g/mol. The van der Waals surface area contributed by atoms with Crippen LogP contribution in [0.5, 0.6) is 0 Å². The van der Waals surface area contributed by atoms with E-state index in [4.69, 9.17) is 0 Å². The van der Waals surface area contributed by atoms with Crippen LogP contribution in [-0.4, -0.2) is 30.3 Å². The number of likely N-dealkylation sites (N-methyl/N-ethyl adjacent to an activating group) is 1. The van der Waals surface area contributed by atoms with Gasteiger partial charge in [-0.25, -0.2) is 0 Å². The first-order valence-electron chi connectivity index (χ1n) is 5.46. The summed E-state index contributed by atoms with van der Waals surface area (Å²) in [5, 5.41) is 0. The number of piperidine rings is 1. The number of ketones is 1. The van der Waals surface area contributed by atoms with E-state index < -0.39 is 0 Å². The number of benzene rings is 1. The summed E-state index contributed by atoms with van der Waals surface area (Å²) < 4.78 is 0. The molecule has 2 rings (SSSR count). The van der Waals surface area contributed by atoms with Crippen molar-refractivity contribution in [2.45, 2.75) is 25.3 Å². The molecule has 2 nitrogen and oxygen atoms in total. The minimum atomic E-state index is 0. The van der Waals surface area contributed by atoms with Gasteiger partial charge >= 0.3 is 0 Å². The molecule has 88 valence electrons. The van der Waals surface area contributed by atoms with Crippen LogP contribution >= 0.6 is 17.0 Å². The summed E-state index contributed by atoms with van der Waals surface area (Å²) in [6.07, 6.45) is 0.944. The summed E-state index contributed by atoms with van der Waals surface area (Å²) in [7, 11) is 2.02. The Morgan fingerprint density at radius 1 is 1.25 bits per heavy atom. The Morgan fingerprint density at radius 3 is 2.50 bits per heavy atom. The minimum Gasteiger partial charge on any atom is -0.298 e. The second-order valence-electron chi connectivity index (χ2n) is 4.43. The zero-order valence-corrected chi connectivity index (χ0v) is 11.4. The highest BCUT2D eigenvalue weighted by Crippen LogP contribution is 2.27. The smallest absolute Gasteiger partial charge is 0.154 e. The highest BCUT2D eigenvalue weighted by Gasteiger charge is 2.30. The molecule has 0 bridgehead atoms. The number of halogens is 1. The zero-order valence-electron chi connectivity index (χ0n) is 9.72. The van der Waals surface area contributed by atoms with E-state index in [1.807, 2.05) is 25.2 Å². The van der Waals surface area contributed by atoms with Crippen LogP contribution in [0.4, 0.5) is 0 Å². The van der Waals surface area contributed by atoms with Crippen LogP contribution in [0.1, 0.15) is 24.8 Å². The zero-order chi connectivity index (χ0) is 10.8. The predicted octanol–water partition coefficient (Wildman–Crippen LogP) is 2.64. The summed E-state index contributed by atoms with van der Waals surface area (Å²) in [6.45, 7) is 2.77. The number of carbonyl (C=O) groups excluding carboxylic acids is 1. The van der Waals surface area contributed by atoms with E-state index in [1.165, 1.54) is 5.56 Å². The monoisotopic (exact) mass is 283 g/mol. The Morgan fingerprint density at radius 2 is 1.88 bits per heavy atom. The van der Waals surface area contributed by atoms with Crippen LogP contribution in [0, 0.1) is 0 Å². The van der Waals surface area contributed by atoms with Crippen molar-refractivity contribution < 1.29 is 4.79 Å². The average molecular weight is 284 g/mol. The summed E-state index contributed by atoms with van der Waals surface area (Å²) in [5.74, 6) is 0.458. The van der Waals surface area contributed by atoms with Gasteiger partial charge in [0.1, 0.15) is 0 Å². The molecule has 0 radical (unpaired) electrons. The Bertz CT molecular complexity index is 352. The van der Waals surface area contributed by atoms with Crippen LogP contribution in [-0.2, 0) is 4.79 Å². The SMILES string of the molecule is Br.CC1CC(c2ccccc2)C(=O)CN1C. The van der Waals surface area contributed by atoms with Crippen molar-refractivity contribution in [1.29, 1.82) is 0 Å². The van der Waals surface area contributed by atoms with Crippen LogP contribution in [0.25, 0.3) is 0 Å². The van der Waals surface area contributed by atoms with Gasteiger partial charge in [-0.2, -0.15) is 0 Å². The molecule has 0 saturated carbocycles. The second kappa shape index (κ2) is 5.60. The van der Waals surface area contributed by atoms with Crippen molar-refractivity contribution in [3.63, 3.8) is 0 Å². The molecule has 1 aromatic rings. The first kappa shape index (κ1) is 13.4. The number of hydrogen-bond acceptors (Lipinski definition) is 2. The predicted molar refractivity (Wildman–Crippen MR) is 71.2 cm³/mol. The van der Waals surface area contributed by atoms with Crippen molar-refractivity contribution >= 4 is 22.8 Å². The molecular formula is C13H18BrNO. The fourth-order valence-electron chi connectivity index (χ4n) is 2.17. The fraction of sp³-hybridized carbons (Fsp3) is 0.462. The maximum Gasteiger partial charge on any atom is 0.154 e. The maximum absolute atomic E-state index is 11.9. The van der Waals surface area contributed by atoms with E-state index in [-0.39, 0.29) is 22.9 Å². The van der Waals surface area contributed by atoms with Gasteiger partial charge < -0.3 is 0 Å². The molecule has 1 aromatic carbocycles. The van der Waals surface area contributed by atoms with E-state index in [9.17, 15) is 4.79 Å². The molecule has 1 aliphatic heterocycles. The number of Topliss-reactive ketones (excluding diaryl/α,β-unsaturated/α-hetero) is 1. The summed E-state index contributed by atoms with van der Waals surface area (Å²) in [6, 6.07) is 10.6. The Balaban J connectivity index is 0.00000128. The second-order valence-corrected chi connectivity index (χ2v) is 4.43. The highest BCUT2D eigenvalue weighted by atomic mass is 79.9. The summed E-state index contributed by atoms with van der Waals surface area (Å²) >= 11 is 0. The number of carbonyl (C=O) groups is 1. The van der Waals surface area contributed by atoms with E-state index in [0.29, 0.717) is 18.4 Å². The standard InChI is InChI=1S/C13H17NO.BrH/c1-10-8-12(13(15)9-14(10)2)11-6-4-3-5-7-11;/h3-7,10,12H,8-9H2,1-2H3;1H. The van der Waals surface area contributed by atoms with Gasteiger partial charge in [0.05, 0.1) is 6.54 Å². The van der Waals surface area contributed by atoms with Gasteiger partial charge in [0.2, 0.25) is 0 Å². The topological polar surface area (TPSA) is 20.3 Å². The number of rotatable bonds is 1. The Labute approximate surface area is 107 Å². The molecule has 3 heteroatoms. The average Bonchev–Trinajstić information content (AvgIpc) is 2.25. The molecule has 2 unspecified atom stereocenters. The fourth-order valence-corrected chi connectivity index (χ4v) is 2.17. The number of hydrogen-bond donors (Lipinski definition) is 0. The van der Waals surface area contributed by atoms with E-state index in [1.54, 1.807) is 0 Å². The van der Waals surface area contributed by atoms with Gasteiger partial charge in [-0.3, -0.25) is 9.69 Å². The molecule has 0 spiro atoms. The minimum absolute atomic E-state index is 0. The lowest BCUT2D eigenvalue weighted by Crippen LogP contribution is -2.43. The lowest BCUT2D eigenvalue weighted by molar-refractivity contribution is -0.124. The summed E-state index contributed by atoms with van der Waals surface area (Å²) in [4.78, 5) is 14.0. The third kappa shape index (κ3) is 2.71. The third-order valence-electron chi connectivity index (χ3n) is 3.33. The molecule has 1 fully saturated rings. The van der Waals surface area contributed by atoms with E-state index >= 15 is 0 Å².